The molecule has 2 heterocycles. The lowest BCUT2D eigenvalue weighted by atomic mass is 10.2. The van der Waals surface area contributed by atoms with Gasteiger partial charge in [-0.1, -0.05) is 0 Å². The Morgan fingerprint density at radius 3 is 3.06 bits per heavy atom. The number of hydrazine groups is 1. The van der Waals surface area contributed by atoms with E-state index in [-0.39, 0.29) is 18.1 Å². The second-order valence-electron chi connectivity index (χ2n) is 3.40. The second kappa shape index (κ2) is 4.94. The Morgan fingerprint density at radius 1 is 1.67 bits per heavy atom. The zero-order valence-electron chi connectivity index (χ0n) is 9.07. The molecule has 0 saturated heterocycles. The molecule has 94 valence electrons. The predicted molar refractivity (Wildman–Crippen MR) is 64.0 cm³/mol. The molecule has 18 heavy (non-hydrogen) atoms. The van der Waals surface area contributed by atoms with Crippen LogP contribution in [0.4, 0.5) is 5.69 Å². The maximum Gasteiger partial charge on any atom is 0.307 e. The molecule has 0 aromatic carbocycles. The van der Waals surface area contributed by atoms with Crippen LogP contribution in [0.25, 0.3) is 0 Å². The minimum atomic E-state index is -0.523. The number of rotatable bonds is 4. The Balaban J connectivity index is 2.20. The first kappa shape index (κ1) is 12.2. The van der Waals surface area contributed by atoms with Crippen molar-refractivity contribution in [3.8, 4) is 0 Å². The first-order valence-corrected chi connectivity index (χ1v) is 5.74. The summed E-state index contributed by atoms with van der Waals surface area (Å²) >= 11 is 1.25. The Labute approximate surface area is 105 Å². The number of nitrogens with two attached hydrogens (primary N) is 1. The molecule has 0 aliphatic rings. The molecule has 0 aliphatic heterocycles. The maximum atomic E-state index is 11.4. The van der Waals surface area contributed by atoms with Gasteiger partial charge in [0, 0.05) is 0 Å². The van der Waals surface area contributed by atoms with Crippen LogP contribution in [0.3, 0.4) is 0 Å². The zero-order chi connectivity index (χ0) is 13.1. The topological polar surface area (TPSA) is 116 Å². The number of aromatic nitrogens is 2. The average Bonchev–Trinajstić information content (AvgIpc) is 2.97. The number of nitrogens with zero attached hydrogens (tertiary/aromatic N) is 3. The molecule has 2 aromatic rings. The predicted octanol–water partition coefficient (Wildman–Crippen LogP) is 0.505. The summed E-state index contributed by atoms with van der Waals surface area (Å²) in [5, 5.41) is 16.1. The number of nitrogens with one attached hydrogen (secondary N) is 1. The van der Waals surface area contributed by atoms with Gasteiger partial charge in [0.25, 0.3) is 5.91 Å². The monoisotopic (exact) mass is 267 g/mol. The molecule has 0 saturated carbocycles. The molecule has 0 radical (unpaired) electrons. The molecular weight excluding hydrogens is 258 g/mol. The molecule has 0 aliphatic carbocycles. The van der Waals surface area contributed by atoms with E-state index in [0.717, 1.165) is 6.20 Å². The highest BCUT2D eigenvalue weighted by Crippen LogP contribution is 2.18. The average molecular weight is 267 g/mol. The van der Waals surface area contributed by atoms with Crippen molar-refractivity contribution in [2.75, 3.05) is 0 Å². The van der Waals surface area contributed by atoms with E-state index in [2.05, 4.69) is 10.5 Å². The van der Waals surface area contributed by atoms with Crippen LogP contribution in [0.15, 0.2) is 23.8 Å². The number of hydrogen-bond donors (Lipinski definition) is 2. The summed E-state index contributed by atoms with van der Waals surface area (Å²) in [5.41, 5.74) is 2.67. The Morgan fingerprint density at radius 2 is 2.44 bits per heavy atom. The first-order valence-electron chi connectivity index (χ1n) is 4.86. The second-order valence-corrected chi connectivity index (χ2v) is 4.32. The van der Waals surface area contributed by atoms with Crippen molar-refractivity contribution >= 4 is 22.9 Å². The number of thiophene rings is 1. The van der Waals surface area contributed by atoms with Gasteiger partial charge in [-0.3, -0.25) is 25.0 Å². The van der Waals surface area contributed by atoms with Crippen molar-refractivity contribution in [2.24, 2.45) is 5.84 Å². The van der Waals surface area contributed by atoms with Crippen molar-refractivity contribution in [3.63, 3.8) is 0 Å². The van der Waals surface area contributed by atoms with Gasteiger partial charge >= 0.3 is 5.69 Å². The molecule has 0 bridgehead atoms. The lowest BCUT2D eigenvalue weighted by Crippen LogP contribution is -2.30. The zero-order valence-corrected chi connectivity index (χ0v) is 9.88. The molecular formula is C9H9N5O3S. The van der Waals surface area contributed by atoms with E-state index in [1.54, 1.807) is 11.4 Å². The highest BCUT2D eigenvalue weighted by Gasteiger charge is 2.14. The molecule has 0 unspecified atom stereocenters. The minimum Gasteiger partial charge on any atom is -0.289 e. The van der Waals surface area contributed by atoms with E-state index < -0.39 is 4.92 Å². The van der Waals surface area contributed by atoms with Gasteiger partial charge in [-0.15, -0.1) is 11.3 Å². The number of hydrogen-bond acceptors (Lipinski definition) is 6. The minimum absolute atomic E-state index is 0.0879. The quantitative estimate of drug-likeness (QED) is 0.362. The Hall–Kier alpha value is -2.26. The summed E-state index contributed by atoms with van der Waals surface area (Å²) in [6.45, 7) is 0.278. The van der Waals surface area contributed by atoms with Crippen molar-refractivity contribution in [1.82, 2.24) is 15.2 Å². The summed E-state index contributed by atoms with van der Waals surface area (Å²) < 4.78 is 1.40. The van der Waals surface area contributed by atoms with Gasteiger partial charge in [-0.05, 0) is 17.0 Å². The van der Waals surface area contributed by atoms with Crippen LogP contribution in [0, 0.1) is 10.1 Å². The summed E-state index contributed by atoms with van der Waals surface area (Å²) in [6.07, 6.45) is 2.47. The van der Waals surface area contributed by atoms with E-state index in [1.807, 2.05) is 0 Å². The maximum absolute atomic E-state index is 11.4. The van der Waals surface area contributed by atoms with Gasteiger partial charge in [0.1, 0.15) is 12.4 Å². The van der Waals surface area contributed by atoms with Crippen LogP contribution in [-0.4, -0.2) is 20.6 Å². The molecule has 2 aromatic heterocycles. The van der Waals surface area contributed by atoms with Gasteiger partial charge in [-0.25, -0.2) is 5.84 Å². The highest BCUT2D eigenvalue weighted by atomic mass is 32.1. The number of nitrogen functional groups attached to an aromatic ring is 1. The third-order valence-electron chi connectivity index (χ3n) is 2.25. The van der Waals surface area contributed by atoms with Crippen LogP contribution >= 0.6 is 11.3 Å². The van der Waals surface area contributed by atoms with Crippen LogP contribution in [0.2, 0.25) is 0 Å². The van der Waals surface area contributed by atoms with Gasteiger partial charge in [0.15, 0.2) is 0 Å². The Kier molecular flexibility index (Phi) is 3.35. The van der Waals surface area contributed by atoms with Gasteiger partial charge in [0.05, 0.1) is 16.3 Å². The molecule has 3 N–H and O–H groups in total. The van der Waals surface area contributed by atoms with Crippen LogP contribution in [0.1, 0.15) is 15.2 Å². The van der Waals surface area contributed by atoms with Crippen molar-refractivity contribution in [3.05, 3.63) is 44.4 Å². The summed E-state index contributed by atoms with van der Waals surface area (Å²) in [6, 6.07) is 1.75. The van der Waals surface area contributed by atoms with Crippen LogP contribution in [0.5, 0.6) is 0 Å². The molecule has 9 heteroatoms. The lowest BCUT2D eigenvalue weighted by molar-refractivity contribution is -0.385. The normalized spacial score (nSPS) is 10.3. The summed E-state index contributed by atoms with van der Waals surface area (Å²) in [4.78, 5) is 21.9. The fraction of sp³-hybridized carbons (Fsp3) is 0.111. The van der Waals surface area contributed by atoms with E-state index in [0.29, 0.717) is 10.4 Å². The third-order valence-corrected chi connectivity index (χ3v) is 3.20. The molecule has 2 rings (SSSR count). The van der Waals surface area contributed by atoms with Crippen LogP contribution < -0.4 is 11.3 Å². The van der Waals surface area contributed by atoms with Crippen molar-refractivity contribution in [2.45, 2.75) is 6.54 Å². The van der Waals surface area contributed by atoms with Gasteiger partial charge < -0.3 is 0 Å². The molecule has 0 atom stereocenters. The fourth-order valence-corrected chi connectivity index (χ4v) is 2.25. The molecule has 0 spiro atoms. The largest absolute Gasteiger partial charge is 0.307 e. The molecule has 0 fully saturated rings. The number of carbonyl (C=O) groups excluding carboxylic acids is 1. The van der Waals surface area contributed by atoms with Crippen LogP contribution in [-0.2, 0) is 6.54 Å². The number of nitro groups is 1. The van der Waals surface area contributed by atoms with E-state index in [4.69, 9.17) is 5.84 Å². The van der Waals surface area contributed by atoms with Gasteiger partial charge in [0.2, 0.25) is 0 Å². The molecule has 8 nitrogen and oxygen atoms in total. The van der Waals surface area contributed by atoms with Crippen molar-refractivity contribution in [1.29, 1.82) is 0 Å². The third kappa shape index (κ3) is 2.36. The SMILES string of the molecule is NNC(=O)c1sccc1Cn1cc([N+](=O)[O-])cn1. The smallest absolute Gasteiger partial charge is 0.289 e. The summed E-state index contributed by atoms with van der Waals surface area (Å²) in [5.74, 6) is 4.68. The van der Waals surface area contributed by atoms with E-state index in [9.17, 15) is 14.9 Å². The number of carbonyl (C=O) groups is 1. The first-order chi connectivity index (χ1) is 8.61. The Bertz CT molecular complexity index is 591. The standard InChI is InChI=1S/C9H9N5O3S/c10-12-9(15)8-6(1-2-18-8)4-13-5-7(3-11-13)14(16)17/h1-3,5H,4,10H2,(H,12,15). The fourth-order valence-electron chi connectivity index (χ4n) is 1.43. The van der Waals surface area contributed by atoms with Gasteiger partial charge in [-0.2, -0.15) is 5.10 Å². The van der Waals surface area contributed by atoms with E-state index >= 15 is 0 Å². The number of amides is 1. The lowest BCUT2D eigenvalue weighted by Gasteiger charge is -2.02. The summed E-state index contributed by atoms with van der Waals surface area (Å²) in [7, 11) is 0. The highest BCUT2D eigenvalue weighted by molar-refractivity contribution is 7.12. The molecule has 1 amide bonds. The van der Waals surface area contributed by atoms with E-state index in [1.165, 1.54) is 22.2 Å². The van der Waals surface area contributed by atoms with Crippen molar-refractivity contribution < 1.29 is 9.72 Å².